The molecule has 0 radical (unpaired) electrons. The van der Waals surface area contributed by atoms with Crippen LogP contribution in [0, 0.1) is 17.8 Å². The molecule has 3 aromatic heterocycles. The second kappa shape index (κ2) is 18.3. The Kier molecular flexibility index (Phi) is 11.9. The number of likely N-dealkylation sites (tertiary alicyclic amines) is 3. The van der Waals surface area contributed by atoms with E-state index in [1.165, 1.54) is 19.3 Å². The lowest BCUT2D eigenvalue weighted by molar-refractivity contribution is -0.140. The lowest BCUT2D eigenvalue weighted by atomic mass is 9.73. The fourth-order valence-electron chi connectivity index (χ4n) is 13.3. The fraction of sp³-hybridized carbons (Fsp3) is 0.600. The first-order valence-electron chi connectivity index (χ1n) is 26.9. The van der Waals surface area contributed by atoms with Crippen molar-refractivity contribution in [3.63, 3.8) is 0 Å². The van der Waals surface area contributed by atoms with Crippen molar-refractivity contribution in [1.82, 2.24) is 39.5 Å². The average molecular weight is 964 g/mol. The molecule has 6 aliphatic heterocycles. The number of amides is 5. The van der Waals surface area contributed by atoms with Crippen LogP contribution in [-0.2, 0) is 29.4 Å². The summed E-state index contributed by atoms with van der Waals surface area (Å²) in [5, 5.41) is 6.13. The molecular weight excluding hydrogens is 895 g/mol. The molecule has 1 spiro atoms. The number of nitrogens with one attached hydrogen (secondary N) is 2. The van der Waals surface area contributed by atoms with Crippen LogP contribution in [0.1, 0.15) is 127 Å². The van der Waals surface area contributed by atoms with Crippen LogP contribution in [0.3, 0.4) is 0 Å². The van der Waals surface area contributed by atoms with Crippen LogP contribution < -0.4 is 20.4 Å². The number of benzene rings is 1. The molecule has 5 amide bonds. The van der Waals surface area contributed by atoms with Crippen LogP contribution >= 0.6 is 0 Å². The number of rotatable bonds is 10. The van der Waals surface area contributed by atoms with Crippen molar-refractivity contribution in [2.75, 3.05) is 67.5 Å². The van der Waals surface area contributed by atoms with Crippen molar-refractivity contribution in [2.24, 2.45) is 17.8 Å². The molecule has 374 valence electrons. The lowest BCUT2D eigenvalue weighted by Crippen LogP contribution is -2.58. The van der Waals surface area contributed by atoms with Gasteiger partial charge in [0.2, 0.25) is 29.5 Å². The third-order valence-corrected chi connectivity index (χ3v) is 17.8. The van der Waals surface area contributed by atoms with Crippen molar-refractivity contribution in [3.05, 3.63) is 60.0 Å². The van der Waals surface area contributed by atoms with Gasteiger partial charge in [0.05, 0.1) is 34.8 Å². The molecule has 2 N–H and O–H groups in total. The summed E-state index contributed by atoms with van der Waals surface area (Å²) < 4.78 is 2.19. The third kappa shape index (κ3) is 8.35. The smallest absolute Gasteiger partial charge is 0.238 e. The summed E-state index contributed by atoms with van der Waals surface area (Å²) in [5.41, 5.74) is 5.96. The summed E-state index contributed by atoms with van der Waals surface area (Å²) in [7, 11) is 0. The number of carbonyl (C=O) groups excluding carboxylic acids is 5. The van der Waals surface area contributed by atoms with Gasteiger partial charge in [0, 0.05) is 93.2 Å². The van der Waals surface area contributed by atoms with E-state index >= 15 is 4.79 Å². The number of imidazole rings is 1. The van der Waals surface area contributed by atoms with E-state index in [4.69, 9.17) is 9.97 Å². The van der Waals surface area contributed by atoms with Crippen molar-refractivity contribution < 1.29 is 24.0 Å². The zero-order valence-corrected chi connectivity index (χ0v) is 41.7. The van der Waals surface area contributed by atoms with Crippen LogP contribution in [0.15, 0.2) is 48.9 Å². The molecule has 9 heterocycles. The van der Waals surface area contributed by atoms with Gasteiger partial charge in [0.25, 0.3) is 0 Å². The molecule has 3 atom stereocenters. The highest BCUT2D eigenvalue weighted by molar-refractivity contribution is 6.09. The number of hydrogen-bond donors (Lipinski definition) is 2. The highest BCUT2D eigenvalue weighted by Crippen LogP contribution is 2.52. The highest BCUT2D eigenvalue weighted by atomic mass is 16.2. The van der Waals surface area contributed by atoms with E-state index < -0.39 is 5.41 Å². The van der Waals surface area contributed by atoms with Gasteiger partial charge < -0.3 is 34.4 Å². The molecule has 7 fully saturated rings. The Morgan fingerprint density at radius 2 is 1.59 bits per heavy atom. The monoisotopic (exact) mass is 964 g/mol. The van der Waals surface area contributed by atoms with Crippen molar-refractivity contribution >= 4 is 57.9 Å². The first-order valence-corrected chi connectivity index (χ1v) is 26.9. The van der Waals surface area contributed by atoms with Crippen LogP contribution in [-0.4, -0.2) is 134 Å². The number of anilines is 3. The second-order valence-corrected chi connectivity index (χ2v) is 22.6. The third-order valence-electron chi connectivity index (χ3n) is 17.8. The van der Waals surface area contributed by atoms with E-state index in [1.807, 2.05) is 28.3 Å². The molecule has 1 unspecified atom stereocenters. The number of imide groups is 1. The van der Waals surface area contributed by atoms with Gasteiger partial charge >= 0.3 is 0 Å². The van der Waals surface area contributed by atoms with E-state index in [2.05, 4.69) is 79.9 Å². The lowest BCUT2D eigenvalue weighted by Gasteiger charge is -2.48. The maximum absolute atomic E-state index is 15.3. The van der Waals surface area contributed by atoms with Gasteiger partial charge in [0.1, 0.15) is 11.3 Å². The molecule has 5 saturated heterocycles. The number of piperidine rings is 4. The summed E-state index contributed by atoms with van der Waals surface area (Å²) in [6.45, 7) is 12.1. The second-order valence-electron chi connectivity index (χ2n) is 22.6. The predicted octanol–water partition coefficient (Wildman–Crippen LogP) is 6.40. The van der Waals surface area contributed by atoms with Crippen LogP contribution in [0.4, 0.5) is 17.3 Å². The minimum atomic E-state index is -0.698. The zero-order chi connectivity index (χ0) is 48.7. The quantitative estimate of drug-likeness (QED) is 0.169. The number of pyridine rings is 2. The Labute approximate surface area is 416 Å². The van der Waals surface area contributed by atoms with Crippen molar-refractivity contribution in [1.29, 1.82) is 0 Å². The van der Waals surface area contributed by atoms with Gasteiger partial charge in [-0.1, -0.05) is 31.5 Å². The van der Waals surface area contributed by atoms with Crippen LogP contribution in [0.5, 0.6) is 0 Å². The van der Waals surface area contributed by atoms with Crippen molar-refractivity contribution in [2.45, 2.75) is 140 Å². The average Bonchev–Trinajstić information content (AvgIpc) is 3.86. The largest absolute Gasteiger partial charge is 0.366 e. The minimum absolute atomic E-state index is 0.0377. The van der Waals surface area contributed by atoms with Gasteiger partial charge in [-0.2, -0.15) is 0 Å². The Bertz CT molecular complexity index is 2740. The summed E-state index contributed by atoms with van der Waals surface area (Å²) in [4.78, 5) is 93.6. The van der Waals surface area contributed by atoms with Gasteiger partial charge in [-0.05, 0) is 133 Å². The Balaban J connectivity index is 0.721. The summed E-state index contributed by atoms with van der Waals surface area (Å²) in [6.07, 6.45) is 15.1. The van der Waals surface area contributed by atoms with Crippen molar-refractivity contribution in [3.8, 4) is 11.3 Å². The topological polar surface area (TPSA) is 169 Å². The van der Waals surface area contributed by atoms with Crippen LogP contribution in [0.2, 0.25) is 0 Å². The molecule has 0 bridgehead atoms. The first-order chi connectivity index (χ1) is 34.4. The predicted molar refractivity (Wildman–Crippen MR) is 271 cm³/mol. The SMILES string of the molecule is CC(C)n1cnc2cc(-c3ccc4c(c3)N(C3CC(N5CCCCC5)C3)C(=O)C43CCN(C(=O)[C@H]4CN(C(=O)C5CCN(c6ccc(C7CCC(=O)NC7=O)cn6)CC5)C[C@H]4C)CC3)nc(NC3CC3)c21. The molecule has 12 rings (SSSR count). The van der Waals surface area contributed by atoms with E-state index in [1.54, 1.807) is 6.20 Å². The molecule has 2 saturated carbocycles. The highest BCUT2D eigenvalue weighted by Gasteiger charge is 2.56. The van der Waals surface area contributed by atoms with E-state index in [0.717, 1.165) is 89.5 Å². The normalized spacial score (nSPS) is 27.2. The van der Waals surface area contributed by atoms with Gasteiger partial charge in [0.15, 0.2) is 5.82 Å². The fourth-order valence-corrected chi connectivity index (χ4v) is 13.3. The standard InChI is InChI=1S/C55H69N11O5/c1-33(2)65-32-57-45-28-44(59-50(49(45)65)58-38-9-10-38)36-7-12-43-46(25-36)66(40-26-39(27-40)61-19-5-4-6-20-61)54(71)55(43)17-23-63(24-18-55)53(70)42-31-64(30-34(42)3)52(69)35-15-21-62(22-16-35)47-13-8-37(29-56-47)41-11-14-48(67)60-51(41)68/h7-8,12-13,25,28-29,32-35,38-42H,4-6,9-11,14-24,26-27,30-31H2,1-3H3,(H,58,59)(H,60,67,68)/t34-,39?,40?,41?,42+/m1/s1. The maximum atomic E-state index is 15.3. The number of nitrogens with zero attached hydrogens (tertiary/aromatic N) is 9. The van der Waals surface area contributed by atoms with Gasteiger partial charge in [-0.3, -0.25) is 29.3 Å². The Morgan fingerprint density at radius 1 is 0.817 bits per heavy atom. The maximum Gasteiger partial charge on any atom is 0.238 e. The summed E-state index contributed by atoms with van der Waals surface area (Å²) >= 11 is 0. The minimum Gasteiger partial charge on any atom is -0.366 e. The number of carbonyl (C=O) groups is 5. The summed E-state index contributed by atoms with van der Waals surface area (Å²) in [6, 6.07) is 13.8. The molecular formula is C55H69N11O5. The molecule has 4 aromatic rings. The Hall–Kier alpha value is -5.90. The molecule has 2 aliphatic carbocycles. The van der Waals surface area contributed by atoms with Gasteiger partial charge in [-0.15, -0.1) is 0 Å². The number of aromatic nitrogens is 4. The summed E-state index contributed by atoms with van der Waals surface area (Å²) in [5.74, 6) is 0.876. The van der Waals surface area contributed by atoms with Gasteiger partial charge in [-0.25, -0.2) is 15.0 Å². The first kappa shape index (κ1) is 46.2. The molecule has 16 heteroatoms. The Morgan fingerprint density at radius 3 is 2.30 bits per heavy atom. The number of hydrogen-bond acceptors (Lipinski definition) is 11. The molecule has 8 aliphatic rings. The number of fused-ring (bicyclic) bond motifs is 3. The van der Waals surface area contributed by atoms with E-state index in [9.17, 15) is 19.2 Å². The van der Waals surface area contributed by atoms with E-state index in [-0.39, 0.29) is 65.3 Å². The van der Waals surface area contributed by atoms with E-state index in [0.29, 0.717) is 89.9 Å². The molecule has 71 heavy (non-hydrogen) atoms. The zero-order valence-electron chi connectivity index (χ0n) is 41.7. The van der Waals surface area contributed by atoms with Crippen LogP contribution in [0.25, 0.3) is 22.3 Å². The molecule has 16 nitrogen and oxygen atoms in total. The molecule has 1 aromatic carbocycles.